The standard InChI is InChI=1S/C13H14N6OS/c1-20-7-6-19-9-10(8-15-19)12-17-13(21-18-12)16-11-4-2-3-5-14-11/h2-5,8-9H,6-7H2,1H3,(H,14,16,17,18). The predicted molar refractivity (Wildman–Crippen MR) is 80.5 cm³/mol. The molecule has 0 radical (unpaired) electrons. The number of ether oxygens (including phenoxy) is 1. The van der Waals surface area contributed by atoms with E-state index in [1.165, 1.54) is 11.5 Å². The van der Waals surface area contributed by atoms with Crippen molar-refractivity contribution in [3.8, 4) is 11.4 Å². The highest BCUT2D eigenvalue weighted by atomic mass is 32.1. The lowest BCUT2D eigenvalue weighted by molar-refractivity contribution is 0.183. The van der Waals surface area contributed by atoms with E-state index in [4.69, 9.17) is 4.74 Å². The van der Waals surface area contributed by atoms with Crippen molar-refractivity contribution >= 4 is 22.5 Å². The number of hydrogen-bond acceptors (Lipinski definition) is 7. The molecule has 108 valence electrons. The summed E-state index contributed by atoms with van der Waals surface area (Å²) >= 11 is 1.29. The second-order valence-electron chi connectivity index (χ2n) is 4.25. The van der Waals surface area contributed by atoms with E-state index in [1.54, 1.807) is 19.5 Å². The molecule has 0 aliphatic rings. The maximum atomic E-state index is 5.02. The first-order chi connectivity index (χ1) is 10.3. The molecule has 7 nitrogen and oxygen atoms in total. The van der Waals surface area contributed by atoms with Crippen LogP contribution in [0, 0.1) is 0 Å². The maximum Gasteiger partial charge on any atom is 0.208 e. The molecule has 0 fully saturated rings. The zero-order valence-electron chi connectivity index (χ0n) is 11.4. The smallest absolute Gasteiger partial charge is 0.208 e. The summed E-state index contributed by atoms with van der Waals surface area (Å²) in [4.78, 5) is 8.63. The van der Waals surface area contributed by atoms with Crippen LogP contribution < -0.4 is 5.32 Å². The van der Waals surface area contributed by atoms with Gasteiger partial charge in [0.25, 0.3) is 0 Å². The normalized spacial score (nSPS) is 10.7. The van der Waals surface area contributed by atoms with Crippen LogP contribution in [-0.4, -0.2) is 37.8 Å². The van der Waals surface area contributed by atoms with Crippen molar-refractivity contribution in [2.24, 2.45) is 0 Å². The van der Waals surface area contributed by atoms with Crippen molar-refractivity contribution in [2.75, 3.05) is 19.0 Å². The Bertz CT molecular complexity index is 696. The summed E-state index contributed by atoms with van der Waals surface area (Å²) in [5, 5.41) is 8.08. The van der Waals surface area contributed by atoms with E-state index in [0.29, 0.717) is 24.1 Å². The quantitative estimate of drug-likeness (QED) is 0.752. The van der Waals surface area contributed by atoms with Gasteiger partial charge >= 0.3 is 0 Å². The summed E-state index contributed by atoms with van der Waals surface area (Å²) in [6.45, 7) is 1.33. The maximum absolute atomic E-state index is 5.02. The molecule has 0 atom stereocenters. The monoisotopic (exact) mass is 302 g/mol. The Morgan fingerprint density at radius 3 is 3.14 bits per heavy atom. The molecular formula is C13H14N6OS. The molecule has 3 rings (SSSR count). The van der Waals surface area contributed by atoms with Crippen molar-refractivity contribution in [3.05, 3.63) is 36.8 Å². The molecule has 0 spiro atoms. The minimum atomic E-state index is 0.623. The summed E-state index contributed by atoms with van der Waals surface area (Å²) in [6, 6.07) is 5.66. The van der Waals surface area contributed by atoms with Gasteiger partial charge in [0.1, 0.15) is 5.82 Å². The molecule has 3 aromatic heterocycles. The minimum absolute atomic E-state index is 0.623. The fraction of sp³-hybridized carbons (Fsp3) is 0.231. The van der Waals surface area contributed by atoms with Gasteiger partial charge in [0.05, 0.1) is 24.9 Å². The van der Waals surface area contributed by atoms with Crippen molar-refractivity contribution in [3.63, 3.8) is 0 Å². The molecule has 3 aromatic rings. The average Bonchev–Trinajstić information content (AvgIpc) is 3.15. The molecule has 0 amide bonds. The van der Waals surface area contributed by atoms with Gasteiger partial charge in [-0.25, -0.2) is 4.98 Å². The highest BCUT2D eigenvalue weighted by molar-refractivity contribution is 7.09. The first-order valence-corrected chi connectivity index (χ1v) is 7.16. The number of anilines is 2. The Labute approximate surface area is 125 Å². The molecular weight excluding hydrogens is 288 g/mol. The van der Waals surface area contributed by atoms with Crippen LogP contribution in [0.1, 0.15) is 0 Å². The van der Waals surface area contributed by atoms with E-state index in [1.807, 2.05) is 29.1 Å². The summed E-state index contributed by atoms with van der Waals surface area (Å²) in [7, 11) is 1.67. The molecule has 0 aliphatic heterocycles. The first-order valence-electron chi connectivity index (χ1n) is 6.38. The van der Waals surface area contributed by atoms with Crippen LogP contribution in [0.15, 0.2) is 36.8 Å². The molecule has 0 aromatic carbocycles. The van der Waals surface area contributed by atoms with E-state index < -0.39 is 0 Å². The third kappa shape index (κ3) is 3.41. The fourth-order valence-electron chi connectivity index (χ4n) is 1.72. The zero-order chi connectivity index (χ0) is 14.5. The Morgan fingerprint density at radius 2 is 2.33 bits per heavy atom. The number of aromatic nitrogens is 5. The third-order valence-corrected chi connectivity index (χ3v) is 3.37. The van der Waals surface area contributed by atoms with Gasteiger partial charge in [0, 0.05) is 31.0 Å². The van der Waals surface area contributed by atoms with E-state index in [-0.39, 0.29) is 0 Å². The van der Waals surface area contributed by atoms with E-state index >= 15 is 0 Å². The second kappa shape index (κ2) is 6.42. The Hall–Kier alpha value is -2.32. The Morgan fingerprint density at radius 1 is 1.38 bits per heavy atom. The van der Waals surface area contributed by atoms with Crippen LogP contribution in [0.3, 0.4) is 0 Å². The summed E-state index contributed by atoms with van der Waals surface area (Å²) in [5.41, 5.74) is 0.886. The van der Waals surface area contributed by atoms with Gasteiger partial charge in [-0.15, -0.1) is 0 Å². The fourth-order valence-corrected chi connectivity index (χ4v) is 2.32. The summed E-state index contributed by atoms with van der Waals surface area (Å²) in [5.74, 6) is 1.40. The minimum Gasteiger partial charge on any atom is -0.383 e. The van der Waals surface area contributed by atoms with Crippen molar-refractivity contribution in [1.82, 2.24) is 24.1 Å². The molecule has 8 heteroatoms. The van der Waals surface area contributed by atoms with E-state index in [9.17, 15) is 0 Å². The molecule has 3 heterocycles. The summed E-state index contributed by atoms with van der Waals surface area (Å²) in [6.07, 6.45) is 5.39. The highest BCUT2D eigenvalue weighted by Crippen LogP contribution is 2.22. The highest BCUT2D eigenvalue weighted by Gasteiger charge is 2.09. The van der Waals surface area contributed by atoms with Gasteiger partial charge in [0.15, 0.2) is 5.82 Å². The number of pyridine rings is 1. The van der Waals surface area contributed by atoms with Crippen LogP contribution in [0.4, 0.5) is 10.9 Å². The lowest BCUT2D eigenvalue weighted by atomic mass is 10.3. The van der Waals surface area contributed by atoms with Gasteiger partial charge in [-0.05, 0) is 12.1 Å². The third-order valence-electron chi connectivity index (χ3n) is 2.74. The molecule has 21 heavy (non-hydrogen) atoms. The molecule has 0 saturated heterocycles. The molecule has 0 unspecified atom stereocenters. The SMILES string of the molecule is COCCn1cc(-c2nsc(Nc3ccccn3)n2)cn1. The van der Waals surface area contributed by atoms with Crippen LogP contribution >= 0.6 is 11.5 Å². The van der Waals surface area contributed by atoms with Crippen LogP contribution in [0.25, 0.3) is 11.4 Å². The topological polar surface area (TPSA) is 77.8 Å². The number of rotatable bonds is 6. The van der Waals surface area contributed by atoms with Gasteiger partial charge in [0.2, 0.25) is 5.13 Å². The van der Waals surface area contributed by atoms with Gasteiger partial charge in [-0.2, -0.15) is 14.5 Å². The van der Waals surface area contributed by atoms with Gasteiger partial charge in [-0.1, -0.05) is 6.07 Å². The number of nitrogens with zero attached hydrogens (tertiary/aromatic N) is 5. The van der Waals surface area contributed by atoms with Crippen LogP contribution in [0.2, 0.25) is 0 Å². The van der Waals surface area contributed by atoms with Gasteiger partial charge in [-0.3, -0.25) is 4.68 Å². The Balaban J connectivity index is 1.71. The predicted octanol–water partition coefficient (Wildman–Crippen LogP) is 2.19. The number of methoxy groups -OCH3 is 1. The molecule has 0 saturated carbocycles. The zero-order valence-corrected chi connectivity index (χ0v) is 12.2. The number of nitrogens with one attached hydrogen (secondary N) is 1. The average molecular weight is 302 g/mol. The molecule has 0 aliphatic carbocycles. The molecule has 1 N–H and O–H groups in total. The van der Waals surface area contributed by atoms with Crippen LogP contribution in [0.5, 0.6) is 0 Å². The Kier molecular flexibility index (Phi) is 4.17. The summed E-state index contributed by atoms with van der Waals surface area (Å²) < 4.78 is 11.2. The molecule has 0 bridgehead atoms. The lowest BCUT2D eigenvalue weighted by Gasteiger charge is -1.98. The van der Waals surface area contributed by atoms with E-state index in [0.717, 1.165) is 11.4 Å². The van der Waals surface area contributed by atoms with Gasteiger partial charge < -0.3 is 10.1 Å². The van der Waals surface area contributed by atoms with Crippen molar-refractivity contribution < 1.29 is 4.74 Å². The largest absolute Gasteiger partial charge is 0.383 e. The first kappa shape index (κ1) is 13.7. The number of hydrogen-bond donors (Lipinski definition) is 1. The van der Waals surface area contributed by atoms with E-state index in [2.05, 4.69) is 24.8 Å². The lowest BCUT2D eigenvalue weighted by Crippen LogP contribution is -2.03. The van der Waals surface area contributed by atoms with Crippen molar-refractivity contribution in [2.45, 2.75) is 6.54 Å². The van der Waals surface area contributed by atoms with Crippen LogP contribution in [-0.2, 0) is 11.3 Å². The van der Waals surface area contributed by atoms with Crippen molar-refractivity contribution in [1.29, 1.82) is 0 Å². The second-order valence-corrected chi connectivity index (χ2v) is 5.00.